The number of hydrogen-bond acceptors (Lipinski definition) is 3. The van der Waals surface area contributed by atoms with Gasteiger partial charge in [0.2, 0.25) is 0 Å². The second kappa shape index (κ2) is 4.21. The van der Waals surface area contributed by atoms with Gasteiger partial charge in [0.1, 0.15) is 0 Å². The molecule has 0 aromatic heterocycles. The average Bonchev–Trinajstić information content (AvgIpc) is 2.30. The standard InChI is InChI=1S/C9H19NO2/c1-7-4-9(11)6-10(7)5-8(2)12-3/h7-9,11H,4-6H2,1-3H3. The van der Waals surface area contributed by atoms with Gasteiger partial charge in [-0.2, -0.15) is 0 Å². The molecule has 1 aliphatic heterocycles. The summed E-state index contributed by atoms with van der Waals surface area (Å²) in [6.07, 6.45) is 1.03. The fourth-order valence-electron chi connectivity index (χ4n) is 1.73. The summed E-state index contributed by atoms with van der Waals surface area (Å²) in [5, 5.41) is 9.37. The van der Waals surface area contributed by atoms with Gasteiger partial charge in [0.25, 0.3) is 0 Å². The Labute approximate surface area is 74.3 Å². The molecule has 72 valence electrons. The van der Waals surface area contributed by atoms with Crippen LogP contribution >= 0.6 is 0 Å². The van der Waals surface area contributed by atoms with Crippen LogP contribution in [0.2, 0.25) is 0 Å². The molecule has 1 fully saturated rings. The summed E-state index contributed by atoms with van der Waals surface area (Å²) in [5.41, 5.74) is 0. The minimum absolute atomic E-state index is 0.135. The van der Waals surface area contributed by atoms with Crippen LogP contribution in [0.1, 0.15) is 20.3 Å². The van der Waals surface area contributed by atoms with Crippen LogP contribution in [0.5, 0.6) is 0 Å². The minimum Gasteiger partial charge on any atom is -0.392 e. The maximum atomic E-state index is 9.37. The number of rotatable bonds is 3. The Hall–Kier alpha value is -0.120. The van der Waals surface area contributed by atoms with Crippen molar-refractivity contribution in [3.63, 3.8) is 0 Å². The molecule has 0 bridgehead atoms. The smallest absolute Gasteiger partial charge is 0.0682 e. The maximum Gasteiger partial charge on any atom is 0.0682 e. The highest BCUT2D eigenvalue weighted by Gasteiger charge is 2.27. The Morgan fingerprint density at radius 1 is 1.67 bits per heavy atom. The molecule has 0 saturated carbocycles. The Bertz CT molecular complexity index is 140. The van der Waals surface area contributed by atoms with Crippen LogP contribution in [-0.4, -0.2) is 48.5 Å². The molecule has 0 spiro atoms. The van der Waals surface area contributed by atoms with Crippen LogP contribution in [0.25, 0.3) is 0 Å². The predicted octanol–water partition coefficient (Wildman–Crippen LogP) is 0.476. The number of nitrogens with zero attached hydrogens (tertiary/aromatic N) is 1. The van der Waals surface area contributed by atoms with Crippen molar-refractivity contribution in [2.24, 2.45) is 0 Å². The number of hydrogen-bond donors (Lipinski definition) is 1. The van der Waals surface area contributed by atoms with Crippen LogP contribution in [0, 0.1) is 0 Å². The van der Waals surface area contributed by atoms with E-state index in [9.17, 15) is 5.11 Å². The molecule has 0 amide bonds. The van der Waals surface area contributed by atoms with Crippen molar-refractivity contribution in [2.75, 3.05) is 20.2 Å². The lowest BCUT2D eigenvalue weighted by Gasteiger charge is -2.23. The molecule has 1 rings (SSSR count). The largest absolute Gasteiger partial charge is 0.392 e. The summed E-state index contributed by atoms with van der Waals surface area (Å²) >= 11 is 0. The molecule has 3 atom stereocenters. The number of β-amino-alcohol motifs (C(OH)–C–C–N with tert-alkyl or cyclic N) is 1. The van der Waals surface area contributed by atoms with E-state index in [1.165, 1.54) is 0 Å². The molecule has 0 aromatic carbocycles. The first kappa shape index (κ1) is 9.96. The zero-order valence-electron chi connectivity index (χ0n) is 8.16. The Balaban J connectivity index is 2.32. The molecule has 0 radical (unpaired) electrons. The van der Waals surface area contributed by atoms with Gasteiger partial charge in [0.15, 0.2) is 0 Å². The van der Waals surface area contributed by atoms with Crippen molar-refractivity contribution in [1.29, 1.82) is 0 Å². The summed E-state index contributed by atoms with van der Waals surface area (Å²) in [6, 6.07) is 0.498. The third-order valence-electron chi connectivity index (χ3n) is 2.58. The van der Waals surface area contributed by atoms with Crippen LogP contribution in [0.3, 0.4) is 0 Å². The molecule has 3 unspecified atom stereocenters. The topological polar surface area (TPSA) is 32.7 Å². The highest BCUT2D eigenvalue weighted by molar-refractivity contribution is 4.82. The summed E-state index contributed by atoms with van der Waals surface area (Å²) in [4.78, 5) is 2.28. The van der Waals surface area contributed by atoms with Crippen molar-refractivity contribution < 1.29 is 9.84 Å². The van der Waals surface area contributed by atoms with Crippen LogP contribution in [-0.2, 0) is 4.74 Å². The highest BCUT2D eigenvalue weighted by atomic mass is 16.5. The quantitative estimate of drug-likeness (QED) is 0.673. The van der Waals surface area contributed by atoms with E-state index in [-0.39, 0.29) is 12.2 Å². The van der Waals surface area contributed by atoms with E-state index in [0.29, 0.717) is 6.04 Å². The number of ether oxygens (including phenoxy) is 1. The average molecular weight is 173 g/mol. The number of methoxy groups -OCH3 is 1. The summed E-state index contributed by atoms with van der Waals surface area (Å²) in [7, 11) is 1.72. The normalized spacial score (nSPS) is 34.0. The first-order valence-electron chi connectivity index (χ1n) is 4.58. The van der Waals surface area contributed by atoms with E-state index < -0.39 is 0 Å². The van der Waals surface area contributed by atoms with Gasteiger partial charge in [-0.25, -0.2) is 0 Å². The maximum absolute atomic E-state index is 9.37. The Morgan fingerprint density at radius 2 is 2.33 bits per heavy atom. The predicted molar refractivity (Wildman–Crippen MR) is 48.1 cm³/mol. The van der Waals surface area contributed by atoms with Gasteiger partial charge in [-0.3, -0.25) is 4.90 Å². The first-order valence-corrected chi connectivity index (χ1v) is 4.58. The van der Waals surface area contributed by atoms with E-state index in [1.54, 1.807) is 7.11 Å². The third kappa shape index (κ3) is 2.44. The number of aliphatic hydroxyl groups is 1. The van der Waals surface area contributed by atoms with Gasteiger partial charge in [0.05, 0.1) is 12.2 Å². The van der Waals surface area contributed by atoms with Gasteiger partial charge >= 0.3 is 0 Å². The van der Waals surface area contributed by atoms with Crippen LogP contribution < -0.4 is 0 Å². The fourth-order valence-corrected chi connectivity index (χ4v) is 1.73. The second-order valence-corrected chi connectivity index (χ2v) is 3.74. The Kier molecular flexibility index (Phi) is 3.50. The van der Waals surface area contributed by atoms with Crippen molar-refractivity contribution in [2.45, 2.75) is 38.5 Å². The van der Waals surface area contributed by atoms with Crippen molar-refractivity contribution in [3.05, 3.63) is 0 Å². The molecule has 0 aliphatic carbocycles. The fraction of sp³-hybridized carbons (Fsp3) is 1.00. The van der Waals surface area contributed by atoms with Crippen molar-refractivity contribution in [3.8, 4) is 0 Å². The second-order valence-electron chi connectivity index (χ2n) is 3.74. The van der Waals surface area contributed by atoms with E-state index >= 15 is 0 Å². The molecular weight excluding hydrogens is 154 g/mol. The van der Waals surface area contributed by atoms with E-state index in [2.05, 4.69) is 18.7 Å². The molecule has 3 nitrogen and oxygen atoms in total. The summed E-state index contributed by atoms with van der Waals surface area (Å²) in [5.74, 6) is 0. The lowest BCUT2D eigenvalue weighted by molar-refractivity contribution is 0.0706. The Morgan fingerprint density at radius 3 is 2.75 bits per heavy atom. The monoisotopic (exact) mass is 173 g/mol. The summed E-state index contributed by atoms with van der Waals surface area (Å²) in [6.45, 7) is 5.93. The van der Waals surface area contributed by atoms with E-state index in [1.807, 2.05) is 0 Å². The van der Waals surface area contributed by atoms with Crippen molar-refractivity contribution in [1.82, 2.24) is 4.90 Å². The molecule has 3 heteroatoms. The number of aliphatic hydroxyl groups excluding tert-OH is 1. The van der Waals surface area contributed by atoms with E-state index in [4.69, 9.17) is 4.74 Å². The molecule has 1 saturated heterocycles. The third-order valence-corrected chi connectivity index (χ3v) is 2.58. The molecule has 0 aromatic rings. The van der Waals surface area contributed by atoms with Gasteiger partial charge < -0.3 is 9.84 Å². The zero-order chi connectivity index (χ0) is 9.14. The lowest BCUT2D eigenvalue weighted by Crippen LogP contribution is -2.34. The van der Waals surface area contributed by atoms with Gasteiger partial charge in [-0.05, 0) is 20.3 Å². The van der Waals surface area contributed by atoms with Crippen LogP contribution in [0.4, 0.5) is 0 Å². The zero-order valence-corrected chi connectivity index (χ0v) is 8.16. The SMILES string of the molecule is COC(C)CN1CC(O)CC1C. The summed E-state index contributed by atoms with van der Waals surface area (Å²) < 4.78 is 5.17. The van der Waals surface area contributed by atoms with Gasteiger partial charge in [-0.15, -0.1) is 0 Å². The molecule has 1 aliphatic rings. The van der Waals surface area contributed by atoms with Crippen molar-refractivity contribution >= 4 is 0 Å². The lowest BCUT2D eigenvalue weighted by atomic mass is 10.2. The van der Waals surface area contributed by atoms with Gasteiger partial charge in [-0.1, -0.05) is 0 Å². The molecule has 12 heavy (non-hydrogen) atoms. The van der Waals surface area contributed by atoms with E-state index in [0.717, 1.165) is 19.5 Å². The molecular formula is C9H19NO2. The highest BCUT2D eigenvalue weighted by Crippen LogP contribution is 2.17. The first-order chi connectivity index (χ1) is 5.63. The molecule has 1 N–H and O–H groups in total. The van der Waals surface area contributed by atoms with Crippen LogP contribution in [0.15, 0.2) is 0 Å². The minimum atomic E-state index is -0.135. The molecule has 1 heterocycles. The number of likely N-dealkylation sites (tertiary alicyclic amines) is 1. The van der Waals surface area contributed by atoms with Gasteiger partial charge in [0, 0.05) is 26.2 Å².